The summed E-state index contributed by atoms with van der Waals surface area (Å²) in [5.74, 6) is -0.495. The summed E-state index contributed by atoms with van der Waals surface area (Å²) in [6.07, 6.45) is 0.678. The molecule has 1 aliphatic rings. The van der Waals surface area contributed by atoms with E-state index >= 15 is 0 Å². The van der Waals surface area contributed by atoms with E-state index in [1.54, 1.807) is 14.0 Å². The third-order valence-electron chi connectivity index (χ3n) is 3.80. The number of carbonyl (C=O) groups is 2. The average molecular weight is 344 g/mol. The maximum absolute atomic E-state index is 12.1. The van der Waals surface area contributed by atoms with E-state index in [9.17, 15) is 18.0 Å². The standard InChI is InChI=1S/C14H20N2O6S/c1-10-12(14(18)19)8-11(22-10)9-15(2)13(17)4-6-16-5-3-7-23(16,20)21/h8H,3-7,9H2,1-2H3,(H,18,19). The number of hydrogen-bond acceptors (Lipinski definition) is 5. The van der Waals surface area contributed by atoms with Gasteiger partial charge in [-0.3, -0.25) is 4.79 Å². The number of carbonyl (C=O) groups excluding carboxylic acids is 1. The molecule has 9 heteroatoms. The second-order valence-electron chi connectivity index (χ2n) is 5.56. The third kappa shape index (κ3) is 4.11. The van der Waals surface area contributed by atoms with Gasteiger partial charge in [0.1, 0.15) is 17.1 Å². The lowest BCUT2D eigenvalue weighted by Gasteiger charge is -2.18. The lowest BCUT2D eigenvalue weighted by atomic mass is 10.2. The van der Waals surface area contributed by atoms with Crippen LogP contribution in [0.2, 0.25) is 0 Å². The normalized spacial score (nSPS) is 17.3. The fourth-order valence-electron chi connectivity index (χ4n) is 2.51. The highest BCUT2D eigenvalue weighted by atomic mass is 32.2. The van der Waals surface area contributed by atoms with Crippen LogP contribution in [0.5, 0.6) is 0 Å². The highest BCUT2D eigenvalue weighted by Crippen LogP contribution is 2.17. The zero-order chi connectivity index (χ0) is 17.2. The SMILES string of the molecule is Cc1oc(CN(C)C(=O)CCN2CCCS2(=O)=O)cc1C(=O)O. The number of aromatic carboxylic acids is 1. The minimum absolute atomic E-state index is 0.0732. The number of furan rings is 1. The second kappa shape index (κ2) is 6.71. The zero-order valence-corrected chi connectivity index (χ0v) is 13.9. The van der Waals surface area contributed by atoms with Gasteiger partial charge in [-0.1, -0.05) is 0 Å². The quantitative estimate of drug-likeness (QED) is 0.812. The molecule has 0 saturated carbocycles. The van der Waals surface area contributed by atoms with Crippen LogP contribution in [0.3, 0.4) is 0 Å². The van der Waals surface area contributed by atoms with Gasteiger partial charge in [0.05, 0.1) is 12.3 Å². The Kier molecular flexibility index (Phi) is 5.10. The Morgan fingerprint density at radius 1 is 1.43 bits per heavy atom. The monoisotopic (exact) mass is 344 g/mol. The van der Waals surface area contributed by atoms with Crippen LogP contribution in [0.25, 0.3) is 0 Å². The Balaban J connectivity index is 1.90. The van der Waals surface area contributed by atoms with Gasteiger partial charge in [-0.15, -0.1) is 0 Å². The summed E-state index contributed by atoms with van der Waals surface area (Å²) in [4.78, 5) is 24.4. The molecule has 1 fully saturated rings. The summed E-state index contributed by atoms with van der Waals surface area (Å²) in [5, 5.41) is 8.97. The summed E-state index contributed by atoms with van der Waals surface area (Å²) >= 11 is 0. The first kappa shape index (κ1) is 17.5. The Morgan fingerprint density at radius 2 is 2.13 bits per heavy atom. The predicted octanol–water partition coefficient (Wildman–Crippen LogP) is 0.670. The van der Waals surface area contributed by atoms with Gasteiger partial charge in [-0.05, 0) is 19.4 Å². The van der Waals surface area contributed by atoms with Crippen molar-refractivity contribution >= 4 is 21.9 Å². The van der Waals surface area contributed by atoms with Crippen LogP contribution >= 0.6 is 0 Å². The molecule has 1 saturated heterocycles. The molecule has 0 atom stereocenters. The van der Waals surface area contributed by atoms with Crippen molar-refractivity contribution in [3.8, 4) is 0 Å². The number of amides is 1. The Morgan fingerprint density at radius 3 is 2.65 bits per heavy atom. The molecule has 1 N–H and O–H groups in total. The van der Waals surface area contributed by atoms with Gasteiger partial charge in [0.25, 0.3) is 0 Å². The Bertz CT molecular complexity index is 709. The molecule has 0 radical (unpaired) electrons. The van der Waals surface area contributed by atoms with Crippen LogP contribution in [0.15, 0.2) is 10.5 Å². The van der Waals surface area contributed by atoms with Crippen molar-refractivity contribution in [3.05, 3.63) is 23.2 Å². The predicted molar refractivity (Wildman–Crippen MR) is 81.5 cm³/mol. The molecule has 0 bridgehead atoms. The number of aryl methyl sites for hydroxylation is 1. The highest BCUT2D eigenvalue weighted by molar-refractivity contribution is 7.89. The molecule has 1 aromatic heterocycles. The van der Waals surface area contributed by atoms with Gasteiger partial charge < -0.3 is 14.4 Å². The van der Waals surface area contributed by atoms with Crippen molar-refractivity contribution in [1.82, 2.24) is 9.21 Å². The van der Waals surface area contributed by atoms with Crippen molar-refractivity contribution < 1.29 is 27.5 Å². The van der Waals surface area contributed by atoms with E-state index in [4.69, 9.17) is 9.52 Å². The summed E-state index contributed by atoms with van der Waals surface area (Å²) in [7, 11) is -1.63. The molecule has 0 spiro atoms. The maximum atomic E-state index is 12.1. The largest absolute Gasteiger partial charge is 0.478 e. The number of nitrogens with zero attached hydrogens (tertiary/aromatic N) is 2. The first-order chi connectivity index (χ1) is 10.7. The minimum atomic E-state index is -3.20. The van der Waals surface area contributed by atoms with Crippen LogP contribution in [-0.4, -0.2) is 60.5 Å². The molecule has 0 aliphatic carbocycles. The van der Waals surface area contributed by atoms with Gasteiger partial charge >= 0.3 is 5.97 Å². The molecule has 23 heavy (non-hydrogen) atoms. The Hall–Kier alpha value is -1.87. The first-order valence-corrected chi connectivity index (χ1v) is 8.86. The molecule has 128 valence electrons. The van der Waals surface area contributed by atoms with Crippen LogP contribution in [-0.2, 0) is 21.4 Å². The molecule has 2 heterocycles. The van der Waals surface area contributed by atoms with E-state index in [0.29, 0.717) is 18.7 Å². The molecular formula is C14H20N2O6S. The lowest BCUT2D eigenvalue weighted by molar-refractivity contribution is -0.130. The van der Waals surface area contributed by atoms with E-state index < -0.39 is 16.0 Å². The number of hydrogen-bond donors (Lipinski definition) is 1. The van der Waals surface area contributed by atoms with Crippen molar-refractivity contribution in [2.45, 2.75) is 26.3 Å². The van der Waals surface area contributed by atoms with Crippen LogP contribution in [0.4, 0.5) is 0 Å². The lowest BCUT2D eigenvalue weighted by Crippen LogP contribution is -2.32. The summed E-state index contributed by atoms with van der Waals surface area (Å²) < 4.78 is 30.0. The molecule has 0 aromatic carbocycles. The number of rotatable bonds is 6. The van der Waals surface area contributed by atoms with Crippen LogP contribution in [0.1, 0.15) is 34.7 Å². The molecule has 1 aliphatic heterocycles. The summed E-state index contributed by atoms with van der Waals surface area (Å²) in [6, 6.07) is 1.40. The van der Waals surface area contributed by atoms with Crippen LogP contribution in [0, 0.1) is 6.92 Å². The fraction of sp³-hybridized carbons (Fsp3) is 0.571. The molecule has 1 amide bonds. The highest BCUT2D eigenvalue weighted by Gasteiger charge is 2.28. The van der Waals surface area contributed by atoms with E-state index in [-0.39, 0.29) is 42.5 Å². The van der Waals surface area contributed by atoms with E-state index in [1.165, 1.54) is 15.3 Å². The van der Waals surface area contributed by atoms with E-state index in [2.05, 4.69) is 0 Å². The molecule has 1 aromatic rings. The summed E-state index contributed by atoms with van der Waals surface area (Å²) in [5.41, 5.74) is 0.0732. The first-order valence-electron chi connectivity index (χ1n) is 7.25. The molecule has 0 unspecified atom stereocenters. The van der Waals surface area contributed by atoms with Gasteiger partial charge in [-0.2, -0.15) is 0 Å². The van der Waals surface area contributed by atoms with Crippen molar-refractivity contribution in [3.63, 3.8) is 0 Å². The topological polar surface area (TPSA) is 108 Å². The van der Waals surface area contributed by atoms with Gasteiger partial charge in [0, 0.05) is 26.6 Å². The van der Waals surface area contributed by atoms with Crippen molar-refractivity contribution in [2.75, 3.05) is 25.9 Å². The molecule has 2 rings (SSSR count). The fourth-order valence-corrected chi connectivity index (χ4v) is 4.04. The third-order valence-corrected chi connectivity index (χ3v) is 5.75. The molecule has 8 nitrogen and oxygen atoms in total. The second-order valence-corrected chi connectivity index (χ2v) is 7.64. The summed E-state index contributed by atoms with van der Waals surface area (Å²) in [6.45, 7) is 2.31. The minimum Gasteiger partial charge on any atom is -0.478 e. The number of carboxylic acids is 1. The van der Waals surface area contributed by atoms with Gasteiger partial charge in [0.15, 0.2) is 0 Å². The van der Waals surface area contributed by atoms with Crippen LogP contribution < -0.4 is 0 Å². The van der Waals surface area contributed by atoms with Gasteiger partial charge in [-0.25, -0.2) is 17.5 Å². The number of sulfonamides is 1. The van der Waals surface area contributed by atoms with Gasteiger partial charge in [0.2, 0.25) is 15.9 Å². The zero-order valence-electron chi connectivity index (χ0n) is 13.1. The maximum Gasteiger partial charge on any atom is 0.339 e. The van der Waals surface area contributed by atoms with E-state index in [0.717, 1.165) is 0 Å². The van der Waals surface area contributed by atoms with E-state index in [1.807, 2.05) is 0 Å². The van der Waals surface area contributed by atoms with Crippen molar-refractivity contribution in [1.29, 1.82) is 0 Å². The smallest absolute Gasteiger partial charge is 0.339 e. The van der Waals surface area contributed by atoms with Crippen molar-refractivity contribution in [2.24, 2.45) is 0 Å². The Labute approximate surface area is 134 Å². The number of carboxylic acid groups (broad SMARTS) is 1. The molecular weight excluding hydrogens is 324 g/mol. The average Bonchev–Trinajstić information content (AvgIpc) is 2.98.